The molecule has 0 radical (unpaired) electrons. The summed E-state index contributed by atoms with van der Waals surface area (Å²) in [7, 11) is 0. The number of pyridine rings is 1. The van der Waals surface area contributed by atoms with Crippen molar-refractivity contribution in [2.45, 2.75) is 13.8 Å². The van der Waals surface area contributed by atoms with E-state index in [-0.39, 0.29) is 5.69 Å². The van der Waals surface area contributed by atoms with Crippen LogP contribution in [0.1, 0.15) is 21.6 Å². The predicted molar refractivity (Wildman–Crippen MR) is 85.5 cm³/mol. The molecule has 3 aromatic rings. The highest BCUT2D eigenvalue weighted by Gasteiger charge is 2.14. The van der Waals surface area contributed by atoms with Gasteiger partial charge >= 0.3 is 0 Å². The van der Waals surface area contributed by atoms with E-state index >= 15 is 0 Å². The van der Waals surface area contributed by atoms with Crippen molar-refractivity contribution < 1.29 is 13.6 Å². The molecule has 116 valence electrons. The molecule has 1 amide bonds. The van der Waals surface area contributed by atoms with Crippen LogP contribution < -0.4 is 5.32 Å². The van der Waals surface area contributed by atoms with E-state index in [1.165, 1.54) is 0 Å². The van der Waals surface area contributed by atoms with E-state index in [0.29, 0.717) is 22.2 Å². The van der Waals surface area contributed by atoms with Gasteiger partial charge in [0.25, 0.3) is 5.91 Å². The molecule has 0 unspecified atom stereocenters. The summed E-state index contributed by atoms with van der Waals surface area (Å²) in [4.78, 5) is 16.9. The maximum Gasteiger partial charge on any atom is 0.256 e. The maximum absolute atomic E-state index is 13.7. The van der Waals surface area contributed by atoms with Gasteiger partial charge in [-0.25, -0.2) is 8.78 Å². The fourth-order valence-corrected chi connectivity index (χ4v) is 2.44. The molecule has 0 aliphatic carbocycles. The molecule has 3 nitrogen and oxygen atoms in total. The second kappa shape index (κ2) is 5.76. The summed E-state index contributed by atoms with van der Waals surface area (Å²) in [6.45, 7) is 3.69. The van der Waals surface area contributed by atoms with Gasteiger partial charge in [-0.05, 0) is 44.2 Å². The zero-order valence-corrected chi connectivity index (χ0v) is 12.7. The number of anilines is 1. The molecule has 1 aromatic heterocycles. The molecule has 1 heterocycles. The van der Waals surface area contributed by atoms with E-state index in [1.54, 1.807) is 13.0 Å². The van der Waals surface area contributed by atoms with E-state index in [4.69, 9.17) is 0 Å². The summed E-state index contributed by atoms with van der Waals surface area (Å²) in [5, 5.41) is 3.10. The lowest BCUT2D eigenvalue weighted by atomic mass is 10.0. The van der Waals surface area contributed by atoms with Crippen molar-refractivity contribution in [2.24, 2.45) is 0 Å². The summed E-state index contributed by atoms with van der Waals surface area (Å²) in [5.74, 6) is -1.81. The minimum absolute atomic E-state index is 0.190. The number of nitrogens with zero attached hydrogens (tertiary/aromatic N) is 1. The molecule has 1 N–H and O–H groups in total. The maximum atomic E-state index is 13.7. The number of carbonyl (C=O) groups is 1. The van der Waals surface area contributed by atoms with Crippen molar-refractivity contribution >= 4 is 22.5 Å². The Morgan fingerprint density at radius 3 is 2.61 bits per heavy atom. The standard InChI is InChI=1S/C18H14F2N2O/c1-10-3-6-16-13(7-10)14(8-11(2)21-16)18(23)22-17-9-12(19)4-5-15(17)20/h3-9H,1-2H3,(H,22,23). The van der Waals surface area contributed by atoms with Crippen LogP contribution in [0, 0.1) is 25.5 Å². The summed E-state index contributed by atoms with van der Waals surface area (Å²) in [5.41, 5.74) is 2.52. The number of hydrogen-bond acceptors (Lipinski definition) is 2. The number of nitrogens with one attached hydrogen (secondary N) is 1. The van der Waals surface area contributed by atoms with E-state index in [0.717, 1.165) is 23.8 Å². The summed E-state index contributed by atoms with van der Waals surface area (Å²) < 4.78 is 27.0. The number of aryl methyl sites for hydroxylation is 2. The molecule has 0 spiro atoms. The van der Waals surface area contributed by atoms with Crippen molar-refractivity contribution in [2.75, 3.05) is 5.32 Å². The molecule has 2 aromatic carbocycles. The Balaban J connectivity index is 2.07. The Hall–Kier alpha value is -2.82. The number of benzene rings is 2. The van der Waals surface area contributed by atoms with E-state index in [2.05, 4.69) is 10.3 Å². The molecule has 5 heteroatoms. The van der Waals surface area contributed by atoms with Crippen molar-refractivity contribution in [3.63, 3.8) is 0 Å². The smallest absolute Gasteiger partial charge is 0.256 e. The van der Waals surface area contributed by atoms with Crippen molar-refractivity contribution in [3.8, 4) is 0 Å². The quantitative estimate of drug-likeness (QED) is 0.763. The van der Waals surface area contributed by atoms with Gasteiger partial charge in [0, 0.05) is 17.1 Å². The minimum Gasteiger partial charge on any atom is -0.319 e. The van der Waals surface area contributed by atoms with Gasteiger partial charge in [0.05, 0.1) is 16.8 Å². The minimum atomic E-state index is -0.689. The molecule has 0 aliphatic heterocycles. The number of aromatic nitrogens is 1. The Morgan fingerprint density at radius 2 is 1.83 bits per heavy atom. The third kappa shape index (κ3) is 3.04. The molecular formula is C18H14F2N2O. The summed E-state index contributed by atoms with van der Waals surface area (Å²) in [6, 6.07) is 10.1. The van der Waals surface area contributed by atoms with Crippen LogP contribution in [0.15, 0.2) is 42.5 Å². The largest absolute Gasteiger partial charge is 0.319 e. The number of fused-ring (bicyclic) bond motifs is 1. The van der Waals surface area contributed by atoms with Gasteiger partial charge in [-0.1, -0.05) is 11.6 Å². The lowest BCUT2D eigenvalue weighted by Gasteiger charge is -2.10. The van der Waals surface area contributed by atoms with Crippen LogP contribution in [-0.2, 0) is 0 Å². The molecule has 0 fully saturated rings. The van der Waals surface area contributed by atoms with Crippen molar-refractivity contribution in [3.05, 3.63) is 70.9 Å². The van der Waals surface area contributed by atoms with Crippen LogP contribution in [0.4, 0.5) is 14.5 Å². The highest BCUT2D eigenvalue weighted by Crippen LogP contribution is 2.22. The third-order valence-corrected chi connectivity index (χ3v) is 3.51. The predicted octanol–water partition coefficient (Wildman–Crippen LogP) is 4.38. The average Bonchev–Trinajstić information content (AvgIpc) is 2.50. The Kier molecular flexibility index (Phi) is 3.78. The first-order valence-corrected chi connectivity index (χ1v) is 7.08. The number of amides is 1. The van der Waals surface area contributed by atoms with E-state index in [9.17, 15) is 13.6 Å². The van der Waals surface area contributed by atoms with Gasteiger partial charge in [0.2, 0.25) is 0 Å². The second-order valence-corrected chi connectivity index (χ2v) is 5.41. The van der Waals surface area contributed by atoms with Crippen LogP contribution in [0.25, 0.3) is 10.9 Å². The zero-order valence-electron chi connectivity index (χ0n) is 12.7. The van der Waals surface area contributed by atoms with Gasteiger partial charge in [-0.2, -0.15) is 0 Å². The van der Waals surface area contributed by atoms with Crippen LogP contribution in [-0.4, -0.2) is 10.9 Å². The van der Waals surface area contributed by atoms with E-state index in [1.807, 2.05) is 25.1 Å². The lowest BCUT2D eigenvalue weighted by Crippen LogP contribution is -2.14. The van der Waals surface area contributed by atoms with Gasteiger partial charge in [-0.15, -0.1) is 0 Å². The molecule has 3 rings (SSSR count). The summed E-state index contributed by atoms with van der Waals surface area (Å²) >= 11 is 0. The van der Waals surface area contributed by atoms with Gasteiger partial charge < -0.3 is 5.32 Å². The number of hydrogen-bond donors (Lipinski definition) is 1. The molecule has 0 atom stereocenters. The number of halogens is 2. The normalized spacial score (nSPS) is 10.8. The van der Waals surface area contributed by atoms with Gasteiger partial charge in [0.15, 0.2) is 0 Å². The fourth-order valence-electron chi connectivity index (χ4n) is 2.44. The lowest BCUT2D eigenvalue weighted by molar-refractivity contribution is 0.102. The van der Waals surface area contributed by atoms with Crippen molar-refractivity contribution in [1.82, 2.24) is 4.98 Å². The molecule has 0 saturated carbocycles. The monoisotopic (exact) mass is 312 g/mol. The first-order valence-electron chi connectivity index (χ1n) is 7.08. The average molecular weight is 312 g/mol. The van der Waals surface area contributed by atoms with E-state index < -0.39 is 17.5 Å². The van der Waals surface area contributed by atoms with Gasteiger partial charge in [0.1, 0.15) is 11.6 Å². The topological polar surface area (TPSA) is 42.0 Å². The Labute approximate surface area is 132 Å². The number of carbonyl (C=O) groups excluding carboxylic acids is 1. The third-order valence-electron chi connectivity index (χ3n) is 3.51. The molecule has 23 heavy (non-hydrogen) atoms. The first-order chi connectivity index (χ1) is 10.9. The SMILES string of the molecule is Cc1ccc2nc(C)cc(C(=O)Nc3cc(F)ccc3F)c2c1. The van der Waals surface area contributed by atoms with Gasteiger partial charge in [-0.3, -0.25) is 9.78 Å². The highest BCUT2D eigenvalue weighted by molar-refractivity contribution is 6.12. The van der Waals surface area contributed by atoms with Crippen molar-refractivity contribution in [1.29, 1.82) is 0 Å². The van der Waals surface area contributed by atoms with Crippen LogP contribution >= 0.6 is 0 Å². The first kappa shape index (κ1) is 15.1. The van der Waals surface area contributed by atoms with Crippen LogP contribution in [0.2, 0.25) is 0 Å². The fraction of sp³-hybridized carbons (Fsp3) is 0.111. The molecule has 0 aliphatic rings. The summed E-state index contributed by atoms with van der Waals surface area (Å²) in [6.07, 6.45) is 0. The molecular weight excluding hydrogens is 298 g/mol. The zero-order chi connectivity index (χ0) is 16.6. The number of rotatable bonds is 2. The Bertz CT molecular complexity index is 922. The Morgan fingerprint density at radius 1 is 1.04 bits per heavy atom. The van der Waals surface area contributed by atoms with Crippen LogP contribution in [0.5, 0.6) is 0 Å². The molecule has 0 saturated heterocycles. The molecule has 0 bridgehead atoms. The second-order valence-electron chi connectivity index (χ2n) is 5.41. The highest BCUT2D eigenvalue weighted by atomic mass is 19.1. The van der Waals surface area contributed by atoms with Crippen LogP contribution in [0.3, 0.4) is 0 Å².